The highest BCUT2D eigenvalue weighted by Crippen LogP contribution is 2.43. The van der Waals surface area contributed by atoms with Crippen molar-refractivity contribution in [2.24, 2.45) is 0 Å². The van der Waals surface area contributed by atoms with Gasteiger partial charge in [-0.15, -0.1) is 0 Å². The molecule has 0 spiro atoms. The van der Waals surface area contributed by atoms with Crippen LogP contribution in [0.15, 0.2) is 0 Å². The molecule has 1 fully saturated rings. The Bertz CT molecular complexity index is 556. The minimum absolute atomic E-state index is 0.254. The minimum Gasteiger partial charge on any atom is -0.302 e. The molecule has 1 N–H and O–H groups in total. The molecule has 1 aliphatic rings. The Hall–Kier alpha value is 0.0300. The number of hydrogen-bond donors (Lipinski definition) is 1. The predicted octanol–water partition coefficient (Wildman–Crippen LogP) is 9.36. The molecule has 234 valence electrons. The van der Waals surface area contributed by atoms with Crippen LogP contribution in [0, 0.1) is 0 Å². The van der Waals surface area contributed by atoms with Crippen LogP contribution in [0.25, 0.3) is 0 Å². The first-order chi connectivity index (χ1) is 19.0. The lowest BCUT2D eigenvalue weighted by atomic mass is 9.98. The summed E-state index contributed by atoms with van der Waals surface area (Å²) >= 11 is 0. The van der Waals surface area contributed by atoms with E-state index in [1.165, 1.54) is 122 Å². The fourth-order valence-electron chi connectivity index (χ4n) is 5.74. The summed E-state index contributed by atoms with van der Waals surface area (Å²) in [5.74, 6) is 0. The van der Waals surface area contributed by atoms with Gasteiger partial charge in [0.1, 0.15) is 0 Å². The molecule has 0 saturated carbocycles. The van der Waals surface area contributed by atoms with Gasteiger partial charge in [-0.2, -0.15) is 0 Å². The van der Waals surface area contributed by atoms with Crippen molar-refractivity contribution in [1.29, 1.82) is 0 Å². The summed E-state index contributed by atoms with van der Waals surface area (Å²) in [6, 6.07) is 0.721. The van der Waals surface area contributed by atoms with Gasteiger partial charge in [0.25, 0.3) is 0 Å². The van der Waals surface area contributed by atoms with Crippen molar-refractivity contribution in [1.82, 2.24) is 9.80 Å². The van der Waals surface area contributed by atoms with E-state index < -0.39 is 7.82 Å². The van der Waals surface area contributed by atoms with Gasteiger partial charge in [0.05, 0.1) is 13.2 Å². The average Bonchev–Trinajstić information content (AvgIpc) is 2.93. The summed E-state index contributed by atoms with van der Waals surface area (Å²) < 4.78 is 22.7. The average molecular weight is 575 g/mol. The van der Waals surface area contributed by atoms with E-state index in [2.05, 4.69) is 30.6 Å². The molecule has 1 aliphatic heterocycles. The Balaban J connectivity index is 2.26. The van der Waals surface area contributed by atoms with Crippen molar-refractivity contribution in [3.63, 3.8) is 0 Å². The first-order valence-corrected chi connectivity index (χ1v) is 18.6. The number of phosphoric ester groups is 1. The maximum absolute atomic E-state index is 12.2. The lowest BCUT2D eigenvalue weighted by Gasteiger charge is -2.39. The van der Waals surface area contributed by atoms with Crippen LogP contribution >= 0.6 is 7.82 Å². The molecule has 0 amide bonds. The Morgan fingerprint density at radius 3 is 1.49 bits per heavy atom. The second-order valence-electron chi connectivity index (χ2n) is 11.9. The second kappa shape index (κ2) is 25.7. The van der Waals surface area contributed by atoms with E-state index in [-0.39, 0.29) is 6.61 Å². The SMILES string of the molecule is CCCCCCCCCOP(=O)(O)OCCN1CCN(C(CCCCCCCC)CCCCCCCC)CC1. The molecule has 1 unspecified atom stereocenters. The molecule has 7 heteroatoms. The zero-order valence-electron chi connectivity index (χ0n) is 26.4. The van der Waals surface area contributed by atoms with Crippen molar-refractivity contribution >= 4 is 7.82 Å². The van der Waals surface area contributed by atoms with Crippen LogP contribution in [0.3, 0.4) is 0 Å². The van der Waals surface area contributed by atoms with Crippen molar-refractivity contribution in [3.8, 4) is 0 Å². The number of unbranched alkanes of at least 4 members (excludes halogenated alkanes) is 16. The number of hydrogen-bond acceptors (Lipinski definition) is 5. The molecule has 0 bridgehead atoms. The largest absolute Gasteiger partial charge is 0.472 e. The standard InChI is InChI=1S/C32H67N2O4P/c1-4-7-10-13-16-19-22-30-37-39(35,36)38-31-29-33-25-27-34(28-26-33)32(23-20-17-14-11-8-5-2)24-21-18-15-12-9-6-3/h32H,4-31H2,1-3H3,(H,35,36). The molecule has 1 heterocycles. The summed E-state index contributed by atoms with van der Waals surface area (Å²) in [4.78, 5) is 15.1. The molecule has 0 aliphatic carbocycles. The molecule has 6 nitrogen and oxygen atoms in total. The highest BCUT2D eigenvalue weighted by molar-refractivity contribution is 7.47. The highest BCUT2D eigenvalue weighted by Gasteiger charge is 2.25. The first-order valence-electron chi connectivity index (χ1n) is 17.1. The minimum atomic E-state index is -3.94. The van der Waals surface area contributed by atoms with Gasteiger partial charge >= 0.3 is 7.82 Å². The first kappa shape index (κ1) is 37.1. The molecule has 0 aromatic carbocycles. The Morgan fingerprint density at radius 1 is 0.590 bits per heavy atom. The lowest BCUT2D eigenvalue weighted by molar-refractivity contribution is 0.0704. The number of piperazine rings is 1. The summed E-state index contributed by atoms with van der Waals surface area (Å²) in [6.45, 7) is 12.3. The highest BCUT2D eigenvalue weighted by atomic mass is 31.2. The van der Waals surface area contributed by atoms with Gasteiger partial charge in [0.2, 0.25) is 0 Å². The smallest absolute Gasteiger partial charge is 0.302 e. The van der Waals surface area contributed by atoms with Gasteiger partial charge in [0, 0.05) is 38.8 Å². The van der Waals surface area contributed by atoms with Gasteiger partial charge < -0.3 is 4.89 Å². The summed E-state index contributed by atoms with van der Waals surface area (Å²) in [5, 5.41) is 0. The molecule has 1 saturated heterocycles. The molecular weight excluding hydrogens is 507 g/mol. The molecule has 0 aromatic rings. The molecule has 1 rings (SSSR count). The molecule has 1 atom stereocenters. The van der Waals surface area contributed by atoms with Gasteiger partial charge in [-0.1, -0.05) is 136 Å². The molecular formula is C32H67N2O4P. The van der Waals surface area contributed by atoms with Crippen molar-refractivity contribution in [2.45, 2.75) is 162 Å². The maximum atomic E-state index is 12.2. The lowest BCUT2D eigenvalue weighted by Crippen LogP contribution is -2.50. The van der Waals surface area contributed by atoms with Gasteiger partial charge in [-0.3, -0.25) is 18.8 Å². The molecule has 0 radical (unpaired) electrons. The summed E-state index contributed by atoms with van der Waals surface area (Å²) in [6.07, 6.45) is 27.3. The third-order valence-corrected chi connectivity index (χ3v) is 9.39. The van der Waals surface area contributed by atoms with E-state index in [0.29, 0.717) is 13.2 Å². The predicted molar refractivity (Wildman–Crippen MR) is 168 cm³/mol. The van der Waals surface area contributed by atoms with Gasteiger partial charge in [0.15, 0.2) is 0 Å². The van der Waals surface area contributed by atoms with Crippen LogP contribution in [0.1, 0.15) is 156 Å². The van der Waals surface area contributed by atoms with Gasteiger partial charge in [-0.25, -0.2) is 4.57 Å². The van der Waals surface area contributed by atoms with Crippen molar-refractivity contribution in [3.05, 3.63) is 0 Å². The zero-order valence-corrected chi connectivity index (χ0v) is 27.3. The number of nitrogens with zero attached hydrogens (tertiary/aromatic N) is 2. The number of rotatable bonds is 28. The normalized spacial score (nSPS) is 16.7. The Labute approximate surface area is 243 Å². The third-order valence-electron chi connectivity index (χ3n) is 8.37. The Morgan fingerprint density at radius 2 is 1.00 bits per heavy atom. The van der Waals surface area contributed by atoms with Crippen LogP contribution in [0.4, 0.5) is 0 Å². The van der Waals surface area contributed by atoms with Crippen LogP contribution in [-0.2, 0) is 13.6 Å². The van der Waals surface area contributed by atoms with Gasteiger partial charge in [-0.05, 0) is 19.3 Å². The maximum Gasteiger partial charge on any atom is 0.472 e. The van der Waals surface area contributed by atoms with E-state index in [4.69, 9.17) is 9.05 Å². The van der Waals surface area contributed by atoms with Crippen molar-refractivity contribution < 1.29 is 18.5 Å². The van der Waals surface area contributed by atoms with Crippen LogP contribution < -0.4 is 0 Å². The monoisotopic (exact) mass is 574 g/mol. The Kier molecular flexibility index (Phi) is 24.4. The fourth-order valence-corrected chi connectivity index (χ4v) is 6.49. The molecule has 0 aromatic heterocycles. The quantitative estimate of drug-likeness (QED) is 0.0742. The molecule has 39 heavy (non-hydrogen) atoms. The van der Waals surface area contributed by atoms with Crippen LogP contribution in [0.5, 0.6) is 0 Å². The second-order valence-corrected chi connectivity index (χ2v) is 13.4. The van der Waals surface area contributed by atoms with E-state index in [0.717, 1.165) is 45.1 Å². The third kappa shape index (κ3) is 21.4. The fraction of sp³-hybridized carbons (Fsp3) is 1.00. The van der Waals surface area contributed by atoms with E-state index in [9.17, 15) is 9.46 Å². The summed E-state index contributed by atoms with van der Waals surface area (Å²) in [7, 11) is -3.94. The van der Waals surface area contributed by atoms with Crippen LogP contribution in [0.2, 0.25) is 0 Å². The van der Waals surface area contributed by atoms with Crippen LogP contribution in [-0.4, -0.2) is 66.7 Å². The summed E-state index contributed by atoms with van der Waals surface area (Å²) in [5.41, 5.74) is 0. The number of phosphoric acid groups is 1. The van der Waals surface area contributed by atoms with Crippen molar-refractivity contribution in [2.75, 3.05) is 45.9 Å². The van der Waals surface area contributed by atoms with E-state index in [1.807, 2.05) is 0 Å². The topological polar surface area (TPSA) is 62.2 Å². The zero-order chi connectivity index (χ0) is 28.4. The van der Waals surface area contributed by atoms with E-state index >= 15 is 0 Å². The van der Waals surface area contributed by atoms with E-state index in [1.54, 1.807) is 0 Å².